The van der Waals surface area contributed by atoms with Crippen molar-refractivity contribution in [3.05, 3.63) is 76.7 Å². The largest absolute Gasteiger partial charge is 0.369 e. The Morgan fingerprint density at radius 1 is 1.03 bits per heavy atom. The van der Waals surface area contributed by atoms with E-state index in [4.69, 9.17) is 0 Å². The summed E-state index contributed by atoms with van der Waals surface area (Å²) < 4.78 is 0. The van der Waals surface area contributed by atoms with Crippen LogP contribution in [0.4, 0.5) is 11.4 Å². The molecule has 31 heavy (non-hydrogen) atoms. The minimum atomic E-state index is -0.190. The van der Waals surface area contributed by atoms with Gasteiger partial charge in [-0.2, -0.15) is 0 Å². The van der Waals surface area contributed by atoms with Crippen molar-refractivity contribution in [3.63, 3.8) is 0 Å². The van der Waals surface area contributed by atoms with E-state index in [1.54, 1.807) is 6.92 Å². The van der Waals surface area contributed by atoms with Crippen LogP contribution in [-0.4, -0.2) is 53.5 Å². The number of hydrogen-bond acceptors (Lipinski definition) is 5. The second kappa shape index (κ2) is 9.57. The predicted octanol–water partition coefficient (Wildman–Crippen LogP) is 2.90. The Balaban J connectivity index is 1.28. The first-order valence-electron chi connectivity index (χ1n) is 10.6. The summed E-state index contributed by atoms with van der Waals surface area (Å²) in [5.41, 5.74) is 3.17. The first-order valence-corrected chi connectivity index (χ1v) is 10.6. The molecule has 1 saturated heterocycles. The Hall–Kier alpha value is -3.45. The number of piperazine rings is 1. The second-order valence-electron chi connectivity index (χ2n) is 7.78. The Labute approximate surface area is 181 Å². The number of aryl methyl sites for hydroxylation is 1. The summed E-state index contributed by atoms with van der Waals surface area (Å²) in [5.74, 6) is 0.478. The van der Waals surface area contributed by atoms with Crippen molar-refractivity contribution in [1.29, 1.82) is 0 Å². The second-order valence-corrected chi connectivity index (χ2v) is 7.78. The molecule has 0 unspecified atom stereocenters. The fraction of sp³-hybridized carbons (Fsp3) is 0.292. The number of nitrogens with zero attached hydrogens (tertiary/aromatic N) is 3. The van der Waals surface area contributed by atoms with E-state index < -0.39 is 0 Å². The first kappa shape index (κ1) is 20.8. The number of aromatic amines is 1. The third kappa shape index (κ3) is 5.58. The number of nitrogens with one attached hydrogen (secondary N) is 2. The van der Waals surface area contributed by atoms with Gasteiger partial charge in [-0.3, -0.25) is 14.5 Å². The highest BCUT2D eigenvalue weighted by molar-refractivity contribution is 5.91. The van der Waals surface area contributed by atoms with Crippen molar-refractivity contribution in [2.75, 3.05) is 42.9 Å². The van der Waals surface area contributed by atoms with Crippen LogP contribution in [0.15, 0.2) is 65.5 Å². The molecule has 0 saturated carbocycles. The van der Waals surface area contributed by atoms with Gasteiger partial charge in [0, 0.05) is 67.8 Å². The molecule has 4 rings (SSSR count). The molecule has 0 radical (unpaired) electrons. The summed E-state index contributed by atoms with van der Waals surface area (Å²) in [4.78, 5) is 36.0. The van der Waals surface area contributed by atoms with Crippen molar-refractivity contribution in [2.24, 2.45) is 0 Å². The van der Waals surface area contributed by atoms with Crippen molar-refractivity contribution < 1.29 is 4.79 Å². The first-order chi connectivity index (χ1) is 15.1. The Morgan fingerprint density at radius 3 is 2.55 bits per heavy atom. The molecule has 2 aromatic carbocycles. The highest BCUT2D eigenvalue weighted by atomic mass is 16.1. The summed E-state index contributed by atoms with van der Waals surface area (Å²) in [6.07, 6.45) is 0.440. The predicted molar refractivity (Wildman–Crippen MR) is 123 cm³/mol. The number of anilines is 2. The number of para-hydroxylation sites is 1. The molecule has 0 bridgehead atoms. The zero-order chi connectivity index (χ0) is 21.6. The lowest BCUT2D eigenvalue weighted by atomic mass is 10.1. The van der Waals surface area contributed by atoms with Crippen LogP contribution in [0.1, 0.15) is 12.1 Å². The lowest BCUT2D eigenvalue weighted by Crippen LogP contribution is -2.47. The van der Waals surface area contributed by atoms with Gasteiger partial charge in [0.1, 0.15) is 5.82 Å². The summed E-state index contributed by atoms with van der Waals surface area (Å²) >= 11 is 0. The van der Waals surface area contributed by atoms with E-state index in [0.29, 0.717) is 23.6 Å². The quantitative estimate of drug-likeness (QED) is 0.645. The summed E-state index contributed by atoms with van der Waals surface area (Å²) in [6, 6.07) is 19.3. The fourth-order valence-corrected chi connectivity index (χ4v) is 3.81. The molecule has 7 heteroatoms. The molecule has 160 valence electrons. The van der Waals surface area contributed by atoms with Gasteiger partial charge in [0.15, 0.2) is 0 Å². The molecule has 1 fully saturated rings. The number of aromatic nitrogens is 2. The minimum absolute atomic E-state index is 0.0201. The number of rotatable bonds is 6. The van der Waals surface area contributed by atoms with Crippen LogP contribution in [0.3, 0.4) is 0 Å². The van der Waals surface area contributed by atoms with Gasteiger partial charge in [0.25, 0.3) is 5.56 Å². The zero-order valence-electron chi connectivity index (χ0n) is 17.7. The van der Waals surface area contributed by atoms with Gasteiger partial charge in [0.05, 0.1) is 0 Å². The van der Waals surface area contributed by atoms with Gasteiger partial charge in [-0.05, 0) is 31.2 Å². The van der Waals surface area contributed by atoms with Crippen molar-refractivity contribution in [1.82, 2.24) is 14.9 Å². The van der Waals surface area contributed by atoms with Gasteiger partial charge < -0.3 is 15.2 Å². The van der Waals surface area contributed by atoms with Crippen LogP contribution < -0.4 is 15.8 Å². The summed E-state index contributed by atoms with van der Waals surface area (Å²) in [6.45, 7) is 6.35. The molecule has 0 spiro atoms. The van der Waals surface area contributed by atoms with Crippen molar-refractivity contribution >= 4 is 17.3 Å². The van der Waals surface area contributed by atoms with Gasteiger partial charge in [0.2, 0.25) is 5.91 Å². The van der Waals surface area contributed by atoms with Crippen LogP contribution in [0.5, 0.6) is 0 Å². The fourth-order valence-electron chi connectivity index (χ4n) is 3.81. The van der Waals surface area contributed by atoms with Crippen LogP contribution >= 0.6 is 0 Å². The number of carbonyl (C=O) groups is 1. The lowest BCUT2D eigenvalue weighted by molar-refractivity contribution is -0.116. The Bertz CT molecular complexity index is 1090. The zero-order valence-corrected chi connectivity index (χ0v) is 17.7. The average Bonchev–Trinajstić information content (AvgIpc) is 2.78. The maximum absolute atomic E-state index is 12.5. The maximum Gasteiger partial charge on any atom is 0.251 e. The van der Waals surface area contributed by atoms with Gasteiger partial charge in [-0.25, -0.2) is 4.98 Å². The van der Waals surface area contributed by atoms with E-state index in [2.05, 4.69) is 49.4 Å². The molecular weight excluding hydrogens is 390 g/mol. The van der Waals surface area contributed by atoms with E-state index in [1.165, 1.54) is 11.8 Å². The number of benzene rings is 2. The minimum Gasteiger partial charge on any atom is -0.369 e. The van der Waals surface area contributed by atoms with E-state index in [0.717, 1.165) is 38.3 Å². The van der Waals surface area contributed by atoms with Crippen LogP contribution in [0.2, 0.25) is 0 Å². The maximum atomic E-state index is 12.5. The van der Waals surface area contributed by atoms with E-state index in [1.807, 2.05) is 30.3 Å². The topological polar surface area (TPSA) is 81.3 Å². The third-order valence-electron chi connectivity index (χ3n) is 5.44. The molecule has 1 amide bonds. The lowest BCUT2D eigenvalue weighted by Gasteiger charge is -2.36. The van der Waals surface area contributed by atoms with Crippen LogP contribution in [0, 0.1) is 6.92 Å². The van der Waals surface area contributed by atoms with Crippen LogP contribution in [-0.2, 0) is 4.79 Å². The monoisotopic (exact) mass is 417 g/mol. The van der Waals surface area contributed by atoms with Crippen molar-refractivity contribution in [3.8, 4) is 11.4 Å². The smallest absolute Gasteiger partial charge is 0.251 e. The SMILES string of the molecule is Cc1cc(=O)[nH]c(-c2cccc(NC(=O)CCN3CCN(c4ccccc4)CC3)c2)n1. The van der Waals surface area contributed by atoms with E-state index in [-0.39, 0.29) is 11.5 Å². The number of amides is 1. The van der Waals surface area contributed by atoms with E-state index in [9.17, 15) is 9.59 Å². The Morgan fingerprint density at radius 2 is 1.81 bits per heavy atom. The molecule has 0 atom stereocenters. The molecule has 1 aliphatic heterocycles. The highest BCUT2D eigenvalue weighted by Gasteiger charge is 2.17. The van der Waals surface area contributed by atoms with Gasteiger partial charge in [-0.15, -0.1) is 0 Å². The molecule has 7 nitrogen and oxygen atoms in total. The third-order valence-corrected chi connectivity index (χ3v) is 5.44. The van der Waals surface area contributed by atoms with Crippen LogP contribution in [0.25, 0.3) is 11.4 Å². The van der Waals surface area contributed by atoms with Gasteiger partial charge >= 0.3 is 0 Å². The molecule has 0 aliphatic carbocycles. The molecule has 2 N–H and O–H groups in total. The average molecular weight is 418 g/mol. The van der Waals surface area contributed by atoms with Gasteiger partial charge in [-0.1, -0.05) is 30.3 Å². The summed E-state index contributed by atoms with van der Waals surface area (Å²) in [5, 5.41) is 2.96. The number of H-pyrrole nitrogens is 1. The standard InChI is InChI=1S/C24H27N5O2/c1-18-16-23(31)27-24(25-18)19-6-5-7-20(17-19)26-22(30)10-11-28-12-14-29(15-13-28)21-8-3-2-4-9-21/h2-9,16-17H,10-15H2,1H3,(H,26,30)(H,25,27,31). The summed E-state index contributed by atoms with van der Waals surface area (Å²) in [7, 11) is 0. The molecule has 3 aromatic rings. The highest BCUT2D eigenvalue weighted by Crippen LogP contribution is 2.19. The van der Waals surface area contributed by atoms with E-state index >= 15 is 0 Å². The van der Waals surface area contributed by atoms with Crippen molar-refractivity contribution in [2.45, 2.75) is 13.3 Å². The molecular formula is C24H27N5O2. The molecule has 2 heterocycles. The Kier molecular flexibility index (Phi) is 6.43. The molecule has 1 aromatic heterocycles. The molecule has 1 aliphatic rings. The number of hydrogen-bond donors (Lipinski definition) is 2. The number of carbonyl (C=O) groups excluding carboxylic acids is 1. The normalized spacial score (nSPS) is 14.4.